The molecule has 96 valence electrons. The molecule has 0 bridgehead atoms. The third kappa shape index (κ3) is 4.02. The van der Waals surface area contributed by atoms with Crippen LogP contribution in [-0.2, 0) is 6.54 Å². The third-order valence-electron chi connectivity index (χ3n) is 2.48. The molecule has 0 fully saturated rings. The van der Waals surface area contributed by atoms with Gasteiger partial charge in [-0.1, -0.05) is 29.8 Å². The van der Waals surface area contributed by atoms with Crippen LogP contribution in [0, 0.1) is 0 Å². The van der Waals surface area contributed by atoms with Crippen LogP contribution < -0.4 is 10.1 Å². The van der Waals surface area contributed by atoms with Crippen molar-refractivity contribution in [3.05, 3.63) is 51.7 Å². The Bertz CT molecular complexity index is 472. The molecule has 1 unspecified atom stereocenters. The molecule has 18 heavy (non-hydrogen) atoms. The number of thiophene rings is 1. The van der Waals surface area contributed by atoms with Gasteiger partial charge >= 0.3 is 0 Å². The molecule has 2 rings (SSSR count). The van der Waals surface area contributed by atoms with E-state index in [0.29, 0.717) is 5.02 Å². The summed E-state index contributed by atoms with van der Waals surface area (Å²) in [5.41, 5.74) is 0. The summed E-state index contributed by atoms with van der Waals surface area (Å²) < 4.78 is 5.77. The summed E-state index contributed by atoms with van der Waals surface area (Å²) in [4.78, 5) is 1.33. The minimum atomic E-state index is 0.0878. The first-order valence-electron chi connectivity index (χ1n) is 5.90. The molecule has 0 amide bonds. The van der Waals surface area contributed by atoms with E-state index < -0.39 is 0 Å². The molecule has 1 N–H and O–H groups in total. The van der Waals surface area contributed by atoms with Crippen LogP contribution >= 0.6 is 22.9 Å². The smallest absolute Gasteiger partial charge is 0.138 e. The molecule has 1 aromatic heterocycles. The van der Waals surface area contributed by atoms with E-state index in [0.717, 1.165) is 18.8 Å². The zero-order valence-electron chi connectivity index (χ0n) is 10.2. The molecule has 4 heteroatoms. The van der Waals surface area contributed by atoms with Gasteiger partial charge in [-0.3, -0.25) is 0 Å². The van der Waals surface area contributed by atoms with Crippen LogP contribution in [0.1, 0.15) is 11.8 Å². The monoisotopic (exact) mass is 281 g/mol. The minimum Gasteiger partial charge on any atom is -0.488 e. The highest BCUT2D eigenvalue weighted by Gasteiger charge is 2.06. The first-order chi connectivity index (χ1) is 8.75. The number of hydrogen-bond donors (Lipinski definition) is 1. The van der Waals surface area contributed by atoms with E-state index in [2.05, 4.69) is 22.8 Å². The first-order valence-corrected chi connectivity index (χ1v) is 7.16. The zero-order valence-corrected chi connectivity index (χ0v) is 11.8. The lowest BCUT2D eigenvalue weighted by atomic mass is 10.3. The zero-order chi connectivity index (χ0) is 12.8. The van der Waals surface area contributed by atoms with E-state index in [1.165, 1.54) is 4.88 Å². The van der Waals surface area contributed by atoms with Gasteiger partial charge in [0.2, 0.25) is 0 Å². The van der Waals surface area contributed by atoms with Gasteiger partial charge in [0.1, 0.15) is 11.9 Å². The molecule has 0 radical (unpaired) electrons. The maximum Gasteiger partial charge on any atom is 0.138 e. The van der Waals surface area contributed by atoms with Crippen molar-refractivity contribution in [3.8, 4) is 5.75 Å². The lowest BCUT2D eigenvalue weighted by molar-refractivity contribution is 0.217. The number of para-hydroxylation sites is 1. The highest BCUT2D eigenvalue weighted by Crippen LogP contribution is 2.24. The van der Waals surface area contributed by atoms with Crippen LogP contribution in [-0.4, -0.2) is 12.6 Å². The average Bonchev–Trinajstić information content (AvgIpc) is 2.85. The SMILES string of the molecule is CC(CNCc1cccs1)Oc1ccccc1Cl. The summed E-state index contributed by atoms with van der Waals surface area (Å²) in [6.45, 7) is 3.71. The highest BCUT2D eigenvalue weighted by atomic mass is 35.5. The molecule has 0 spiro atoms. The van der Waals surface area contributed by atoms with Gasteiger partial charge < -0.3 is 10.1 Å². The molecule has 2 nitrogen and oxygen atoms in total. The standard InChI is InChI=1S/C14H16ClNOS/c1-11(9-16-10-12-5-4-8-18-12)17-14-7-3-2-6-13(14)15/h2-8,11,16H,9-10H2,1H3. The molecule has 0 saturated heterocycles. The average molecular weight is 282 g/mol. The fourth-order valence-electron chi connectivity index (χ4n) is 1.61. The van der Waals surface area contributed by atoms with Gasteiger partial charge in [0, 0.05) is 18.0 Å². The van der Waals surface area contributed by atoms with E-state index in [1.54, 1.807) is 11.3 Å². The molecule has 1 atom stereocenters. The molecule has 1 heterocycles. The Morgan fingerprint density at radius 2 is 2.11 bits per heavy atom. The van der Waals surface area contributed by atoms with E-state index in [-0.39, 0.29) is 6.10 Å². The summed E-state index contributed by atoms with van der Waals surface area (Å²) in [5.74, 6) is 0.740. The second-order valence-corrected chi connectivity index (χ2v) is 5.51. The van der Waals surface area contributed by atoms with Gasteiger partial charge in [-0.25, -0.2) is 0 Å². The van der Waals surface area contributed by atoms with E-state index in [4.69, 9.17) is 16.3 Å². The summed E-state index contributed by atoms with van der Waals surface area (Å²) in [7, 11) is 0. The van der Waals surface area contributed by atoms with E-state index >= 15 is 0 Å². The van der Waals surface area contributed by atoms with Gasteiger partial charge in [0.15, 0.2) is 0 Å². The quantitative estimate of drug-likeness (QED) is 0.865. The van der Waals surface area contributed by atoms with Crippen LogP contribution in [0.2, 0.25) is 5.02 Å². The fraction of sp³-hybridized carbons (Fsp3) is 0.286. The Kier molecular flexibility index (Phi) is 5.05. The molecule has 0 saturated carbocycles. The van der Waals surface area contributed by atoms with Crippen molar-refractivity contribution in [1.82, 2.24) is 5.32 Å². The second-order valence-electron chi connectivity index (χ2n) is 4.07. The maximum absolute atomic E-state index is 6.04. The minimum absolute atomic E-state index is 0.0878. The van der Waals surface area contributed by atoms with Gasteiger partial charge in [-0.2, -0.15) is 0 Å². The number of nitrogens with one attached hydrogen (secondary N) is 1. The summed E-state index contributed by atoms with van der Waals surface area (Å²) in [6.07, 6.45) is 0.0878. The topological polar surface area (TPSA) is 21.3 Å². The van der Waals surface area contributed by atoms with E-state index in [9.17, 15) is 0 Å². The highest BCUT2D eigenvalue weighted by molar-refractivity contribution is 7.09. The predicted molar refractivity (Wildman–Crippen MR) is 77.6 cm³/mol. The largest absolute Gasteiger partial charge is 0.488 e. The van der Waals surface area contributed by atoms with Crippen molar-refractivity contribution in [2.45, 2.75) is 19.6 Å². The Morgan fingerprint density at radius 1 is 1.28 bits per heavy atom. The fourth-order valence-corrected chi connectivity index (χ4v) is 2.47. The van der Waals surface area contributed by atoms with Crippen molar-refractivity contribution in [2.75, 3.05) is 6.54 Å². The van der Waals surface area contributed by atoms with Crippen molar-refractivity contribution in [3.63, 3.8) is 0 Å². The first kappa shape index (κ1) is 13.4. The van der Waals surface area contributed by atoms with Gasteiger partial charge in [-0.05, 0) is 30.5 Å². The van der Waals surface area contributed by atoms with Crippen LogP contribution in [0.4, 0.5) is 0 Å². The Labute approximate surface area is 117 Å². The molecular weight excluding hydrogens is 266 g/mol. The van der Waals surface area contributed by atoms with Crippen molar-refractivity contribution < 1.29 is 4.74 Å². The lowest BCUT2D eigenvalue weighted by Gasteiger charge is -2.16. The van der Waals surface area contributed by atoms with Crippen molar-refractivity contribution in [2.24, 2.45) is 0 Å². The van der Waals surface area contributed by atoms with Crippen LogP contribution in [0.3, 0.4) is 0 Å². The van der Waals surface area contributed by atoms with Gasteiger partial charge in [0.25, 0.3) is 0 Å². The molecule has 2 aromatic rings. The number of hydrogen-bond acceptors (Lipinski definition) is 3. The number of rotatable bonds is 6. The lowest BCUT2D eigenvalue weighted by Crippen LogP contribution is -2.28. The molecule has 1 aromatic carbocycles. The Balaban J connectivity index is 1.75. The summed E-state index contributed by atoms with van der Waals surface area (Å²) in [6, 6.07) is 11.7. The normalized spacial score (nSPS) is 12.3. The van der Waals surface area contributed by atoms with E-state index in [1.807, 2.05) is 31.2 Å². The van der Waals surface area contributed by atoms with Gasteiger partial charge in [0.05, 0.1) is 5.02 Å². The molecule has 0 aliphatic rings. The number of halogens is 1. The van der Waals surface area contributed by atoms with Crippen molar-refractivity contribution in [1.29, 1.82) is 0 Å². The second kappa shape index (κ2) is 6.78. The van der Waals surface area contributed by atoms with Crippen LogP contribution in [0.15, 0.2) is 41.8 Å². The molecule has 0 aliphatic carbocycles. The number of benzene rings is 1. The van der Waals surface area contributed by atoms with Crippen LogP contribution in [0.5, 0.6) is 5.75 Å². The number of ether oxygens (including phenoxy) is 1. The maximum atomic E-state index is 6.04. The summed E-state index contributed by atoms with van der Waals surface area (Å²) in [5, 5.41) is 6.11. The molecular formula is C14H16ClNOS. The van der Waals surface area contributed by atoms with Gasteiger partial charge in [-0.15, -0.1) is 11.3 Å². The predicted octanol–water partition coefficient (Wildman–Crippen LogP) is 3.96. The van der Waals surface area contributed by atoms with Crippen LogP contribution in [0.25, 0.3) is 0 Å². The third-order valence-corrected chi connectivity index (χ3v) is 3.66. The Hall–Kier alpha value is -1.03. The summed E-state index contributed by atoms with van der Waals surface area (Å²) >= 11 is 7.80. The molecule has 0 aliphatic heterocycles. The Morgan fingerprint density at radius 3 is 2.83 bits per heavy atom. The van der Waals surface area contributed by atoms with Crippen molar-refractivity contribution >= 4 is 22.9 Å².